The van der Waals surface area contributed by atoms with Gasteiger partial charge < -0.3 is 5.11 Å². The molecule has 1 aromatic carbocycles. The smallest absolute Gasteiger partial charge is 0.395 e. The van der Waals surface area contributed by atoms with Gasteiger partial charge in [0.25, 0.3) is 0 Å². The molecule has 0 amide bonds. The van der Waals surface area contributed by atoms with E-state index >= 15 is 0 Å². The van der Waals surface area contributed by atoms with E-state index in [1.807, 2.05) is 0 Å². The minimum Gasteiger partial charge on any atom is -0.395 e. The average Bonchev–Trinajstić information content (AvgIpc) is 2.37. The molecule has 0 unspecified atom stereocenters. The molecule has 1 rings (SSSR count). The minimum absolute atomic E-state index is 0.0715. The molecular formula is C11H9Cl2F6NO3S. The summed E-state index contributed by atoms with van der Waals surface area (Å²) in [5, 5.41) is 8.51. The van der Waals surface area contributed by atoms with E-state index in [0.717, 1.165) is 18.2 Å². The van der Waals surface area contributed by atoms with Crippen molar-refractivity contribution in [3.8, 4) is 0 Å². The van der Waals surface area contributed by atoms with Crippen molar-refractivity contribution in [1.82, 2.24) is 4.72 Å². The van der Waals surface area contributed by atoms with Crippen molar-refractivity contribution in [2.45, 2.75) is 23.3 Å². The molecule has 0 bridgehead atoms. The van der Waals surface area contributed by atoms with E-state index < -0.39 is 45.8 Å². The van der Waals surface area contributed by atoms with Crippen LogP contribution in [-0.2, 0) is 10.0 Å². The third-order valence-electron chi connectivity index (χ3n) is 2.81. The quantitative estimate of drug-likeness (QED) is 0.719. The van der Waals surface area contributed by atoms with Crippen LogP contribution in [0.4, 0.5) is 26.3 Å². The van der Waals surface area contributed by atoms with Gasteiger partial charge in [-0.25, -0.2) is 13.1 Å². The zero-order valence-electron chi connectivity index (χ0n) is 11.3. The Labute approximate surface area is 142 Å². The molecule has 0 aromatic heterocycles. The molecule has 0 aliphatic carbocycles. The van der Waals surface area contributed by atoms with Crippen molar-refractivity contribution < 1.29 is 39.9 Å². The number of hydrogen-bond donors (Lipinski definition) is 2. The Morgan fingerprint density at radius 3 is 1.92 bits per heavy atom. The van der Waals surface area contributed by atoms with E-state index in [9.17, 15) is 34.8 Å². The van der Waals surface area contributed by atoms with Crippen LogP contribution < -0.4 is 4.72 Å². The summed E-state index contributed by atoms with van der Waals surface area (Å²) in [4.78, 5) is -0.710. The summed E-state index contributed by atoms with van der Waals surface area (Å²) in [5.74, 6) is -4.09. The second-order valence-electron chi connectivity index (χ2n) is 4.55. The lowest BCUT2D eigenvalue weighted by Crippen LogP contribution is -2.54. The van der Waals surface area contributed by atoms with Gasteiger partial charge >= 0.3 is 12.4 Å². The fraction of sp³-hybridized carbons (Fsp3) is 0.455. The Morgan fingerprint density at radius 2 is 1.54 bits per heavy atom. The van der Waals surface area contributed by atoms with Crippen molar-refractivity contribution in [3.63, 3.8) is 0 Å². The molecule has 1 aromatic rings. The lowest BCUT2D eigenvalue weighted by Gasteiger charge is -2.29. The molecule has 0 heterocycles. The van der Waals surface area contributed by atoms with Gasteiger partial charge in [-0.15, -0.1) is 0 Å². The van der Waals surface area contributed by atoms with E-state index in [2.05, 4.69) is 0 Å². The molecule has 24 heavy (non-hydrogen) atoms. The summed E-state index contributed by atoms with van der Waals surface area (Å²) >= 11 is 11.1. The van der Waals surface area contributed by atoms with Gasteiger partial charge in [0.05, 0.1) is 27.6 Å². The first kappa shape index (κ1) is 21.3. The summed E-state index contributed by atoms with van der Waals surface area (Å²) in [6, 6.07) is -0.292. The molecule has 138 valence electrons. The van der Waals surface area contributed by atoms with Crippen LogP contribution in [0, 0.1) is 5.92 Å². The van der Waals surface area contributed by atoms with Gasteiger partial charge in [0.2, 0.25) is 10.0 Å². The highest BCUT2D eigenvalue weighted by Crippen LogP contribution is 2.41. The molecule has 2 N–H and O–H groups in total. The van der Waals surface area contributed by atoms with E-state index in [1.54, 1.807) is 0 Å². The Balaban J connectivity index is 3.24. The second kappa shape index (κ2) is 7.24. The van der Waals surface area contributed by atoms with Crippen molar-refractivity contribution in [1.29, 1.82) is 0 Å². The van der Waals surface area contributed by atoms with Crippen LogP contribution in [0.5, 0.6) is 0 Å². The molecule has 0 spiro atoms. The van der Waals surface area contributed by atoms with Crippen LogP contribution in [0.2, 0.25) is 10.0 Å². The highest BCUT2D eigenvalue weighted by Gasteiger charge is 2.60. The normalized spacial score (nSPS) is 14.9. The number of hydrogen-bond acceptors (Lipinski definition) is 3. The van der Waals surface area contributed by atoms with Crippen molar-refractivity contribution in [3.05, 3.63) is 28.2 Å². The van der Waals surface area contributed by atoms with Crippen LogP contribution in [0.3, 0.4) is 0 Å². The predicted molar refractivity (Wildman–Crippen MR) is 73.3 cm³/mol. The highest BCUT2D eigenvalue weighted by molar-refractivity contribution is 7.89. The molecule has 0 aliphatic rings. The van der Waals surface area contributed by atoms with Crippen LogP contribution in [0.25, 0.3) is 0 Å². The van der Waals surface area contributed by atoms with Crippen LogP contribution in [0.15, 0.2) is 23.1 Å². The molecule has 0 aliphatic heterocycles. The van der Waals surface area contributed by atoms with Gasteiger partial charge in [0.15, 0.2) is 5.92 Å². The zero-order valence-corrected chi connectivity index (χ0v) is 13.6. The summed E-state index contributed by atoms with van der Waals surface area (Å²) in [6.45, 7) is -1.73. The van der Waals surface area contributed by atoms with Gasteiger partial charge in [-0.1, -0.05) is 23.2 Å². The maximum Gasteiger partial charge on any atom is 0.402 e. The number of sulfonamides is 1. The van der Waals surface area contributed by atoms with E-state index in [-0.39, 0.29) is 10.0 Å². The molecule has 0 saturated heterocycles. The highest BCUT2D eigenvalue weighted by atomic mass is 35.5. The monoisotopic (exact) mass is 419 g/mol. The van der Waals surface area contributed by atoms with E-state index in [0.29, 0.717) is 0 Å². The first-order valence-corrected chi connectivity index (χ1v) is 8.15. The molecular weight excluding hydrogens is 411 g/mol. The van der Waals surface area contributed by atoms with E-state index in [4.69, 9.17) is 28.3 Å². The van der Waals surface area contributed by atoms with Crippen molar-refractivity contribution in [2.24, 2.45) is 5.92 Å². The molecule has 0 fully saturated rings. The second-order valence-corrected chi connectivity index (χ2v) is 7.08. The number of aliphatic hydroxyl groups excluding tert-OH is 1. The third-order valence-corrected chi connectivity index (χ3v) is 5.04. The molecule has 4 nitrogen and oxygen atoms in total. The Kier molecular flexibility index (Phi) is 6.42. The summed E-state index contributed by atoms with van der Waals surface area (Å²) in [6.07, 6.45) is -11.7. The predicted octanol–water partition coefficient (Wildman–Crippen LogP) is 3.37. The molecule has 0 radical (unpaired) electrons. The van der Waals surface area contributed by atoms with Crippen molar-refractivity contribution >= 4 is 33.2 Å². The maximum absolute atomic E-state index is 12.6. The number of alkyl halides is 6. The summed E-state index contributed by atoms with van der Waals surface area (Å²) < 4.78 is 101. The first-order valence-electron chi connectivity index (χ1n) is 5.92. The molecule has 0 saturated carbocycles. The fourth-order valence-electron chi connectivity index (χ4n) is 1.76. The Bertz CT molecular complexity index is 678. The minimum atomic E-state index is -5.83. The summed E-state index contributed by atoms with van der Waals surface area (Å²) in [7, 11) is -4.83. The van der Waals surface area contributed by atoms with Gasteiger partial charge in [0.1, 0.15) is 0 Å². The number of nitrogens with one attached hydrogen (secondary N) is 1. The summed E-state index contributed by atoms with van der Waals surface area (Å²) in [5.41, 5.74) is 0. The van der Waals surface area contributed by atoms with Gasteiger partial charge in [-0.3, -0.25) is 0 Å². The number of benzene rings is 1. The number of halogens is 8. The third kappa shape index (κ3) is 5.12. The molecule has 13 heteroatoms. The van der Waals surface area contributed by atoms with Crippen LogP contribution >= 0.6 is 23.2 Å². The Hall–Kier alpha value is -0.750. The maximum atomic E-state index is 12.6. The number of rotatable bonds is 5. The number of aliphatic hydroxyl groups is 1. The largest absolute Gasteiger partial charge is 0.402 e. The standard InChI is InChI=1S/C11H9Cl2F6NO3S/c12-6-2-1-5(3-7(6)13)24(22,23)20-8(4-21)9(10(14,15)16)11(17,18)19/h1-3,8-9,20-21H,4H2/t8-/m1/s1. The topological polar surface area (TPSA) is 66.4 Å². The van der Waals surface area contributed by atoms with Crippen LogP contribution in [0.1, 0.15) is 0 Å². The SMILES string of the molecule is O=S(=O)(N[C@H](CO)C(C(F)(F)F)C(F)(F)F)c1ccc(Cl)c(Cl)c1. The molecule has 1 atom stereocenters. The van der Waals surface area contributed by atoms with Crippen molar-refractivity contribution in [2.75, 3.05) is 6.61 Å². The lowest BCUT2D eigenvalue weighted by atomic mass is 10.00. The van der Waals surface area contributed by atoms with Gasteiger partial charge in [-0.2, -0.15) is 26.3 Å². The van der Waals surface area contributed by atoms with E-state index in [1.165, 1.54) is 4.72 Å². The van der Waals surface area contributed by atoms with Gasteiger partial charge in [0, 0.05) is 0 Å². The van der Waals surface area contributed by atoms with Gasteiger partial charge in [-0.05, 0) is 18.2 Å². The lowest BCUT2D eigenvalue weighted by molar-refractivity contribution is -0.292. The van der Waals surface area contributed by atoms with Crippen LogP contribution in [-0.4, -0.2) is 38.5 Å². The fourth-order valence-corrected chi connectivity index (χ4v) is 3.39. The zero-order chi connectivity index (χ0) is 18.9. The Morgan fingerprint density at radius 1 is 1.04 bits per heavy atom. The first-order chi connectivity index (χ1) is 10.7. The average molecular weight is 420 g/mol.